The average molecular weight is 265 g/mol. The highest BCUT2D eigenvalue weighted by atomic mass is 16.3. The summed E-state index contributed by atoms with van der Waals surface area (Å²) in [4.78, 5) is 36.1. The number of carbonyl (C=O) groups is 2. The number of hydrogen-bond donors (Lipinski definition) is 0. The molecule has 98 valence electrons. The van der Waals surface area contributed by atoms with E-state index >= 15 is 0 Å². The molecule has 1 aliphatic rings. The highest BCUT2D eigenvalue weighted by molar-refractivity contribution is 6.30. The average Bonchev–Trinajstić information content (AvgIpc) is 2.51. The monoisotopic (exact) mass is 265 g/mol. The molecule has 2 aromatic rings. The normalized spacial score (nSPS) is 12.8. The molecule has 3 rings (SSSR count). The summed E-state index contributed by atoms with van der Waals surface area (Å²) in [6, 6.07) is 9.95. The Balaban J connectivity index is 2.36. The highest BCUT2D eigenvalue weighted by Crippen LogP contribution is 2.35. The molecule has 0 saturated carbocycles. The van der Waals surface area contributed by atoms with Crippen molar-refractivity contribution in [3.8, 4) is 0 Å². The number of rotatable bonds is 2. The van der Waals surface area contributed by atoms with Crippen LogP contribution < -0.4 is 0 Å². The zero-order chi connectivity index (χ0) is 14.3. The van der Waals surface area contributed by atoms with Crippen LogP contribution in [0.2, 0.25) is 0 Å². The SMILES string of the molecule is CCc1ccc2c(c1N=O)C(=O)c1ccccc1C2=O. The summed E-state index contributed by atoms with van der Waals surface area (Å²) in [5.74, 6) is -0.539. The molecule has 0 N–H and O–H groups in total. The van der Waals surface area contributed by atoms with Gasteiger partial charge in [-0.05, 0) is 23.2 Å². The molecule has 0 amide bonds. The first kappa shape index (κ1) is 12.4. The fraction of sp³-hybridized carbons (Fsp3) is 0.125. The summed E-state index contributed by atoms with van der Waals surface area (Å²) in [7, 11) is 0. The van der Waals surface area contributed by atoms with Crippen LogP contribution in [0.5, 0.6) is 0 Å². The van der Waals surface area contributed by atoms with Crippen LogP contribution in [0, 0.1) is 4.91 Å². The van der Waals surface area contributed by atoms with Crippen LogP contribution in [0.4, 0.5) is 5.69 Å². The molecule has 0 bridgehead atoms. The summed E-state index contributed by atoms with van der Waals surface area (Å²) >= 11 is 0. The zero-order valence-corrected chi connectivity index (χ0v) is 10.8. The lowest BCUT2D eigenvalue weighted by atomic mass is 9.82. The number of benzene rings is 2. The van der Waals surface area contributed by atoms with Gasteiger partial charge >= 0.3 is 0 Å². The van der Waals surface area contributed by atoms with Gasteiger partial charge in [0.05, 0.1) is 5.56 Å². The van der Waals surface area contributed by atoms with Gasteiger partial charge in [-0.3, -0.25) is 9.59 Å². The van der Waals surface area contributed by atoms with Gasteiger partial charge in [0.1, 0.15) is 5.69 Å². The number of ketones is 2. The van der Waals surface area contributed by atoms with E-state index in [9.17, 15) is 14.5 Å². The van der Waals surface area contributed by atoms with Crippen molar-refractivity contribution in [2.24, 2.45) is 5.18 Å². The van der Waals surface area contributed by atoms with Crippen molar-refractivity contribution in [3.05, 3.63) is 69.1 Å². The first-order valence-electron chi connectivity index (χ1n) is 6.36. The number of aryl methyl sites for hydroxylation is 1. The predicted octanol–water partition coefficient (Wildman–Crippen LogP) is 3.42. The predicted molar refractivity (Wildman–Crippen MR) is 74.6 cm³/mol. The minimum atomic E-state index is -0.305. The molecule has 0 fully saturated rings. The van der Waals surface area contributed by atoms with E-state index in [-0.39, 0.29) is 28.4 Å². The first-order valence-corrected chi connectivity index (χ1v) is 6.36. The maximum Gasteiger partial charge on any atom is 0.196 e. The summed E-state index contributed by atoms with van der Waals surface area (Å²) in [6.07, 6.45) is 0.581. The van der Waals surface area contributed by atoms with Gasteiger partial charge in [-0.25, -0.2) is 0 Å². The fourth-order valence-corrected chi connectivity index (χ4v) is 2.60. The van der Waals surface area contributed by atoms with Crippen LogP contribution >= 0.6 is 0 Å². The van der Waals surface area contributed by atoms with E-state index in [0.29, 0.717) is 23.1 Å². The van der Waals surface area contributed by atoms with Gasteiger partial charge < -0.3 is 0 Å². The van der Waals surface area contributed by atoms with Crippen LogP contribution in [-0.4, -0.2) is 11.6 Å². The smallest absolute Gasteiger partial charge is 0.196 e. The minimum Gasteiger partial charge on any atom is -0.289 e. The topological polar surface area (TPSA) is 63.6 Å². The summed E-state index contributed by atoms with van der Waals surface area (Å²) in [6.45, 7) is 1.87. The molecule has 20 heavy (non-hydrogen) atoms. The Morgan fingerprint density at radius 2 is 1.55 bits per heavy atom. The zero-order valence-electron chi connectivity index (χ0n) is 10.8. The Hall–Kier alpha value is -2.62. The van der Waals surface area contributed by atoms with Gasteiger partial charge in [-0.2, -0.15) is 0 Å². The molecule has 0 atom stereocenters. The Morgan fingerprint density at radius 3 is 2.15 bits per heavy atom. The van der Waals surface area contributed by atoms with Gasteiger partial charge in [0.25, 0.3) is 0 Å². The number of nitroso groups, excluding NO2 is 1. The van der Waals surface area contributed by atoms with Crippen molar-refractivity contribution in [2.75, 3.05) is 0 Å². The van der Waals surface area contributed by atoms with Crippen molar-refractivity contribution in [1.82, 2.24) is 0 Å². The van der Waals surface area contributed by atoms with E-state index in [1.54, 1.807) is 36.4 Å². The second-order valence-electron chi connectivity index (χ2n) is 4.64. The van der Waals surface area contributed by atoms with Crippen LogP contribution in [0.25, 0.3) is 0 Å². The minimum absolute atomic E-state index is 0.0952. The van der Waals surface area contributed by atoms with Crippen molar-refractivity contribution in [3.63, 3.8) is 0 Å². The van der Waals surface area contributed by atoms with E-state index in [2.05, 4.69) is 5.18 Å². The second-order valence-corrected chi connectivity index (χ2v) is 4.64. The van der Waals surface area contributed by atoms with E-state index < -0.39 is 0 Å². The maximum atomic E-state index is 12.6. The van der Waals surface area contributed by atoms with Crippen LogP contribution in [0.3, 0.4) is 0 Å². The molecule has 0 heterocycles. The van der Waals surface area contributed by atoms with E-state index in [4.69, 9.17) is 0 Å². The molecule has 0 unspecified atom stereocenters. The number of nitrogens with zero attached hydrogens (tertiary/aromatic N) is 1. The number of carbonyl (C=O) groups excluding carboxylic acids is 2. The third-order valence-electron chi connectivity index (χ3n) is 3.62. The van der Waals surface area contributed by atoms with Gasteiger partial charge in [-0.1, -0.05) is 37.3 Å². The third-order valence-corrected chi connectivity index (χ3v) is 3.62. The molecule has 4 heteroatoms. The van der Waals surface area contributed by atoms with Crippen LogP contribution in [0.15, 0.2) is 41.6 Å². The molecule has 2 aromatic carbocycles. The number of fused-ring (bicyclic) bond motifs is 2. The van der Waals surface area contributed by atoms with Crippen molar-refractivity contribution >= 4 is 17.3 Å². The molecule has 0 saturated heterocycles. The highest BCUT2D eigenvalue weighted by Gasteiger charge is 2.32. The lowest BCUT2D eigenvalue weighted by molar-refractivity contribution is 0.0979. The summed E-state index contributed by atoms with van der Waals surface area (Å²) in [5.41, 5.74) is 1.90. The molecule has 1 aliphatic carbocycles. The Morgan fingerprint density at radius 1 is 0.900 bits per heavy atom. The molecule has 4 nitrogen and oxygen atoms in total. The molecular formula is C16H11NO3. The Labute approximate surface area is 115 Å². The van der Waals surface area contributed by atoms with Crippen molar-refractivity contribution in [1.29, 1.82) is 0 Å². The van der Waals surface area contributed by atoms with Crippen molar-refractivity contribution in [2.45, 2.75) is 13.3 Å². The molecule has 0 spiro atoms. The standard InChI is InChI=1S/C16H11NO3/c1-2-9-7-8-12-13(14(9)17-20)16(19)11-6-4-3-5-10(11)15(12)18/h3-8H,2H2,1H3. The van der Waals surface area contributed by atoms with Gasteiger partial charge in [0.2, 0.25) is 0 Å². The third kappa shape index (κ3) is 1.54. The summed E-state index contributed by atoms with van der Waals surface area (Å²) in [5, 5.41) is 2.99. The van der Waals surface area contributed by atoms with E-state index in [0.717, 1.165) is 0 Å². The largest absolute Gasteiger partial charge is 0.289 e. The first-order chi connectivity index (χ1) is 9.69. The molecule has 0 radical (unpaired) electrons. The Bertz CT molecular complexity index is 762. The number of hydrogen-bond acceptors (Lipinski definition) is 4. The second kappa shape index (κ2) is 4.49. The van der Waals surface area contributed by atoms with Crippen LogP contribution in [0.1, 0.15) is 44.3 Å². The molecule has 0 aromatic heterocycles. The van der Waals surface area contributed by atoms with E-state index in [1.807, 2.05) is 6.92 Å². The maximum absolute atomic E-state index is 12.6. The quantitative estimate of drug-likeness (QED) is 0.667. The van der Waals surface area contributed by atoms with E-state index in [1.165, 1.54) is 0 Å². The summed E-state index contributed by atoms with van der Waals surface area (Å²) < 4.78 is 0. The molecule has 0 aliphatic heterocycles. The molecular weight excluding hydrogens is 254 g/mol. The Kier molecular flexibility index (Phi) is 2.79. The fourth-order valence-electron chi connectivity index (χ4n) is 2.60. The lowest BCUT2D eigenvalue weighted by Crippen LogP contribution is -2.21. The van der Waals surface area contributed by atoms with Crippen LogP contribution in [-0.2, 0) is 6.42 Å². The van der Waals surface area contributed by atoms with Gasteiger partial charge in [0.15, 0.2) is 11.6 Å². The van der Waals surface area contributed by atoms with Crippen molar-refractivity contribution < 1.29 is 9.59 Å². The lowest BCUT2D eigenvalue weighted by Gasteiger charge is -2.19. The van der Waals surface area contributed by atoms with Gasteiger partial charge in [0, 0.05) is 16.7 Å². The van der Waals surface area contributed by atoms with Gasteiger partial charge in [-0.15, -0.1) is 4.91 Å².